The number of carbonyl (C=O) groups excluding carboxylic acids is 1. The van der Waals surface area contributed by atoms with Gasteiger partial charge in [0.15, 0.2) is 5.96 Å². The molecule has 7 nitrogen and oxygen atoms in total. The number of hydrogen-bond acceptors (Lipinski definition) is 4. The number of rotatable bonds is 11. The number of benzene rings is 1. The van der Waals surface area contributed by atoms with Crippen molar-refractivity contribution in [1.29, 1.82) is 0 Å². The topological polar surface area (TPSA) is 84.0 Å². The quantitative estimate of drug-likeness (QED) is 0.182. The van der Waals surface area contributed by atoms with Gasteiger partial charge in [-0.2, -0.15) is 0 Å². The van der Waals surface area contributed by atoms with Crippen LogP contribution in [-0.2, 0) is 20.7 Å². The van der Waals surface area contributed by atoms with Crippen LogP contribution < -0.4 is 16.0 Å². The third kappa shape index (κ3) is 10.8. The first kappa shape index (κ1) is 25.6. The number of carbonyl (C=O) groups is 1. The van der Waals surface area contributed by atoms with Gasteiger partial charge in [0.1, 0.15) is 6.54 Å². The van der Waals surface area contributed by atoms with Crippen LogP contribution in [0.3, 0.4) is 0 Å². The number of nitrogens with one attached hydrogen (secondary N) is 3. The fourth-order valence-corrected chi connectivity index (χ4v) is 2.91. The van der Waals surface area contributed by atoms with Gasteiger partial charge < -0.3 is 25.4 Å². The number of halogens is 1. The third-order valence-electron chi connectivity index (χ3n) is 4.48. The van der Waals surface area contributed by atoms with Crippen molar-refractivity contribution in [2.24, 2.45) is 10.9 Å². The van der Waals surface area contributed by atoms with Gasteiger partial charge in [-0.15, -0.1) is 24.0 Å². The van der Waals surface area contributed by atoms with Crippen molar-refractivity contribution in [3.63, 3.8) is 0 Å². The second-order valence-electron chi connectivity index (χ2n) is 6.88. The molecule has 1 aliphatic heterocycles. The molecular weight excluding hydrogens is 483 g/mol. The molecule has 1 heterocycles. The molecule has 1 fully saturated rings. The van der Waals surface area contributed by atoms with Crippen LogP contribution in [0.25, 0.3) is 0 Å². The summed E-state index contributed by atoms with van der Waals surface area (Å²) in [6, 6.07) is 7.88. The predicted octanol–water partition coefficient (Wildman–Crippen LogP) is 2.80. The fourth-order valence-electron chi connectivity index (χ4n) is 2.91. The number of guanidine groups is 1. The number of nitrogens with zero attached hydrogens (tertiary/aromatic N) is 1. The Kier molecular flexibility index (Phi) is 13.7. The first-order chi connectivity index (χ1) is 13.7. The lowest BCUT2D eigenvalue weighted by atomic mass is 10.1. The van der Waals surface area contributed by atoms with Crippen molar-refractivity contribution in [1.82, 2.24) is 10.6 Å². The molecule has 0 aliphatic carbocycles. The molecule has 0 saturated carbocycles. The maximum absolute atomic E-state index is 12.2. The van der Waals surface area contributed by atoms with Crippen molar-refractivity contribution in [3.8, 4) is 0 Å². The van der Waals surface area contributed by atoms with Gasteiger partial charge in [-0.3, -0.25) is 4.79 Å². The minimum atomic E-state index is -0.132. The third-order valence-corrected chi connectivity index (χ3v) is 4.48. The summed E-state index contributed by atoms with van der Waals surface area (Å²) in [5, 5.41) is 9.29. The van der Waals surface area contributed by atoms with E-state index in [9.17, 15) is 4.79 Å². The van der Waals surface area contributed by atoms with E-state index in [1.54, 1.807) is 0 Å². The molecule has 29 heavy (non-hydrogen) atoms. The molecule has 1 amide bonds. The number of aryl methyl sites for hydroxylation is 1. The van der Waals surface area contributed by atoms with Crippen molar-refractivity contribution in [2.45, 2.75) is 33.1 Å². The smallest absolute Gasteiger partial charge is 0.246 e. The van der Waals surface area contributed by atoms with Crippen molar-refractivity contribution in [2.75, 3.05) is 51.4 Å². The monoisotopic (exact) mass is 518 g/mol. The molecule has 3 N–H and O–H groups in total. The number of hydrogen-bond donors (Lipinski definition) is 3. The number of aliphatic imine (C=N–C) groups is 1. The Hall–Kier alpha value is -1.39. The van der Waals surface area contributed by atoms with Crippen LogP contribution in [0, 0.1) is 5.92 Å². The van der Waals surface area contributed by atoms with Crippen LogP contribution in [0.2, 0.25) is 0 Å². The molecule has 0 spiro atoms. The molecule has 8 heteroatoms. The Morgan fingerprint density at radius 3 is 2.90 bits per heavy atom. The van der Waals surface area contributed by atoms with E-state index in [0.29, 0.717) is 18.5 Å². The average Bonchev–Trinajstić information content (AvgIpc) is 3.22. The van der Waals surface area contributed by atoms with E-state index >= 15 is 0 Å². The molecule has 1 atom stereocenters. The van der Waals surface area contributed by atoms with E-state index in [1.165, 1.54) is 5.56 Å². The fraction of sp³-hybridized carbons (Fsp3) is 0.619. The summed E-state index contributed by atoms with van der Waals surface area (Å²) in [5.41, 5.74) is 2.00. The SMILES string of the molecule is CCNC(=NCC(=O)Nc1cccc(CC)c1)NCCCOCC1CCOC1.I. The lowest BCUT2D eigenvalue weighted by Gasteiger charge is -2.12. The maximum atomic E-state index is 12.2. The van der Waals surface area contributed by atoms with Crippen molar-refractivity contribution in [3.05, 3.63) is 29.8 Å². The van der Waals surface area contributed by atoms with Crippen LogP contribution in [0.5, 0.6) is 0 Å². The van der Waals surface area contributed by atoms with E-state index < -0.39 is 0 Å². The van der Waals surface area contributed by atoms with Crippen LogP contribution in [-0.4, -0.2) is 57.9 Å². The molecule has 0 bridgehead atoms. The van der Waals surface area contributed by atoms with E-state index in [1.807, 2.05) is 31.2 Å². The van der Waals surface area contributed by atoms with Gasteiger partial charge in [0.2, 0.25) is 5.91 Å². The predicted molar refractivity (Wildman–Crippen MR) is 128 cm³/mol. The zero-order valence-corrected chi connectivity index (χ0v) is 19.9. The lowest BCUT2D eigenvalue weighted by molar-refractivity contribution is -0.114. The van der Waals surface area contributed by atoms with Gasteiger partial charge in [0.05, 0.1) is 13.2 Å². The second-order valence-corrected chi connectivity index (χ2v) is 6.88. The van der Waals surface area contributed by atoms with Gasteiger partial charge in [-0.05, 0) is 43.9 Å². The zero-order chi connectivity index (χ0) is 20.0. The largest absolute Gasteiger partial charge is 0.381 e. The van der Waals surface area contributed by atoms with E-state index in [4.69, 9.17) is 9.47 Å². The minimum Gasteiger partial charge on any atom is -0.381 e. The summed E-state index contributed by atoms with van der Waals surface area (Å²) in [5.74, 6) is 1.06. The summed E-state index contributed by atoms with van der Waals surface area (Å²) in [4.78, 5) is 16.5. The van der Waals surface area contributed by atoms with Crippen LogP contribution in [0.4, 0.5) is 5.69 Å². The molecule has 1 aromatic carbocycles. The first-order valence-electron chi connectivity index (χ1n) is 10.3. The molecule has 1 aromatic rings. The Balaban J connectivity index is 0.00000420. The number of ether oxygens (including phenoxy) is 2. The van der Waals surface area contributed by atoms with Crippen LogP contribution in [0.1, 0.15) is 32.3 Å². The minimum absolute atomic E-state index is 0. The Labute approximate surface area is 191 Å². The highest BCUT2D eigenvalue weighted by molar-refractivity contribution is 14.0. The Morgan fingerprint density at radius 1 is 1.31 bits per heavy atom. The molecule has 1 aliphatic rings. The maximum Gasteiger partial charge on any atom is 0.246 e. The summed E-state index contributed by atoms with van der Waals surface area (Å²) in [6.45, 7) is 8.80. The Morgan fingerprint density at radius 2 is 2.17 bits per heavy atom. The molecule has 0 radical (unpaired) electrons. The van der Waals surface area contributed by atoms with Gasteiger partial charge in [0.25, 0.3) is 0 Å². The summed E-state index contributed by atoms with van der Waals surface area (Å²) in [7, 11) is 0. The zero-order valence-electron chi connectivity index (χ0n) is 17.5. The number of amides is 1. The normalized spacial score (nSPS) is 16.2. The molecule has 2 rings (SSSR count). The number of anilines is 1. The molecule has 1 saturated heterocycles. The standard InChI is InChI=1S/C21H34N4O3.HI/c1-3-17-7-5-8-19(13-17)25-20(26)14-24-21(22-4-2)23-10-6-11-27-15-18-9-12-28-16-18;/h5,7-8,13,18H,3-4,6,9-12,14-16H2,1-2H3,(H,25,26)(H2,22,23,24);1H. The summed E-state index contributed by atoms with van der Waals surface area (Å²) in [6.07, 6.45) is 2.92. The van der Waals surface area contributed by atoms with Gasteiger partial charge >= 0.3 is 0 Å². The highest BCUT2D eigenvalue weighted by Gasteiger charge is 2.15. The molecular formula is C21H35IN4O3. The van der Waals surface area contributed by atoms with Crippen molar-refractivity contribution >= 4 is 41.5 Å². The first-order valence-corrected chi connectivity index (χ1v) is 10.3. The van der Waals surface area contributed by atoms with Gasteiger partial charge in [-0.25, -0.2) is 4.99 Å². The van der Waals surface area contributed by atoms with E-state index in [-0.39, 0.29) is 36.4 Å². The summed E-state index contributed by atoms with van der Waals surface area (Å²) < 4.78 is 11.0. The van der Waals surface area contributed by atoms with Gasteiger partial charge in [-0.1, -0.05) is 19.1 Å². The summed E-state index contributed by atoms with van der Waals surface area (Å²) >= 11 is 0. The molecule has 1 unspecified atom stereocenters. The van der Waals surface area contributed by atoms with Crippen molar-refractivity contribution < 1.29 is 14.3 Å². The second kappa shape index (κ2) is 15.4. The van der Waals surface area contributed by atoms with E-state index in [2.05, 4.69) is 27.9 Å². The van der Waals surface area contributed by atoms with E-state index in [0.717, 1.165) is 57.9 Å². The average molecular weight is 518 g/mol. The molecule has 164 valence electrons. The van der Waals surface area contributed by atoms with Crippen LogP contribution >= 0.6 is 24.0 Å². The Bertz CT molecular complexity index is 622. The lowest BCUT2D eigenvalue weighted by Crippen LogP contribution is -2.38. The van der Waals surface area contributed by atoms with Crippen LogP contribution in [0.15, 0.2) is 29.3 Å². The molecule has 0 aromatic heterocycles. The highest BCUT2D eigenvalue weighted by atomic mass is 127. The highest BCUT2D eigenvalue weighted by Crippen LogP contribution is 2.12. The van der Waals surface area contributed by atoms with Gasteiger partial charge in [0, 0.05) is 37.9 Å².